The summed E-state index contributed by atoms with van der Waals surface area (Å²) in [5, 5.41) is 18.8. The molecule has 0 fully saturated rings. The highest BCUT2D eigenvalue weighted by Crippen LogP contribution is 2.17. The summed E-state index contributed by atoms with van der Waals surface area (Å²) in [6.45, 7) is 2.60. The second-order valence-electron chi connectivity index (χ2n) is 7.19. The van der Waals surface area contributed by atoms with E-state index in [4.69, 9.17) is 0 Å². The van der Waals surface area contributed by atoms with Crippen molar-refractivity contribution in [3.8, 4) is 0 Å². The molecule has 8 nitrogen and oxygen atoms in total. The van der Waals surface area contributed by atoms with E-state index in [9.17, 15) is 9.59 Å². The van der Waals surface area contributed by atoms with Crippen LogP contribution in [-0.4, -0.2) is 43.9 Å². The Morgan fingerprint density at radius 1 is 1.00 bits per heavy atom. The molecule has 0 aliphatic carbocycles. The van der Waals surface area contributed by atoms with E-state index in [2.05, 4.69) is 25.8 Å². The molecule has 0 spiro atoms. The van der Waals surface area contributed by atoms with Crippen LogP contribution in [-0.2, 0) is 24.2 Å². The van der Waals surface area contributed by atoms with Crippen LogP contribution in [0.2, 0.25) is 0 Å². The van der Waals surface area contributed by atoms with Crippen molar-refractivity contribution in [3.05, 3.63) is 71.3 Å². The van der Waals surface area contributed by atoms with Crippen molar-refractivity contribution in [3.63, 3.8) is 0 Å². The highest BCUT2D eigenvalue weighted by Gasteiger charge is 2.16. The van der Waals surface area contributed by atoms with Gasteiger partial charge in [0.05, 0.1) is 24.0 Å². The molecule has 0 bridgehead atoms. The number of aromatic nitrogens is 5. The number of amides is 1. The van der Waals surface area contributed by atoms with Crippen molar-refractivity contribution >= 4 is 11.7 Å². The summed E-state index contributed by atoms with van der Waals surface area (Å²) in [5.41, 5.74) is 2.92. The SMILES string of the molecule is CNC(=O)c1cn(CCCCc2ccc(CC(=O)[C@@H](C)c3ccccc3)nn2)nn1. The number of Topliss-reactive ketones (excluding diaryl/α,β-unsaturated/α-hetero) is 1. The third-order valence-electron chi connectivity index (χ3n) is 4.98. The quantitative estimate of drug-likeness (QED) is 0.519. The Hall–Kier alpha value is -3.42. The number of ketones is 1. The summed E-state index contributed by atoms with van der Waals surface area (Å²) < 4.78 is 1.67. The van der Waals surface area contributed by atoms with Gasteiger partial charge >= 0.3 is 0 Å². The van der Waals surface area contributed by atoms with Crippen molar-refractivity contribution in [2.45, 2.75) is 45.1 Å². The maximum absolute atomic E-state index is 12.5. The number of hydrogen-bond acceptors (Lipinski definition) is 6. The fourth-order valence-corrected chi connectivity index (χ4v) is 3.09. The number of carbonyl (C=O) groups is 2. The summed E-state index contributed by atoms with van der Waals surface area (Å²) >= 11 is 0. The fraction of sp³-hybridized carbons (Fsp3) is 0.364. The molecule has 0 saturated carbocycles. The first-order chi connectivity index (χ1) is 14.6. The molecule has 2 aromatic heterocycles. The van der Waals surface area contributed by atoms with Gasteiger partial charge in [-0.2, -0.15) is 10.2 Å². The smallest absolute Gasteiger partial charge is 0.273 e. The molecule has 3 aromatic rings. The Bertz CT molecular complexity index is 969. The van der Waals surface area contributed by atoms with Gasteiger partial charge < -0.3 is 5.32 Å². The van der Waals surface area contributed by atoms with Crippen molar-refractivity contribution in [2.75, 3.05) is 7.05 Å². The van der Waals surface area contributed by atoms with E-state index in [1.807, 2.05) is 49.4 Å². The monoisotopic (exact) mass is 406 g/mol. The Kier molecular flexibility index (Phi) is 7.37. The van der Waals surface area contributed by atoms with Crippen molar-refractivity contribution in [1.29, 1.82) is 0 Å². The van der Waals surface area contributed by atoms with Gasteiger partial charge in [-0.05, 0) is 37.0 Å². The highest BCUT2D eigenvalue weighted by atomic mass is 16.2. The van der Waals surface area contributed by atoms with Gasteiger partial charge in [0.1, 0.15) is 5.78 Å². The van der Waals surface area contributed by atoms with E-state index in [-0.39, 0.29) is 24.0 Å². The third-order valence-corrected chi connectivity index (χ3v) is 4.98. The molecule has 1 N–H and O–H groups in total. The van der Waals surface area contributed by atoms with Crippen LogP contribution in [0.3, 0.4) is 0 Å². The van der Waals surface area contributed by atoms with Gasteiger partial charge in [-0.15, -0.1) is 5.10 Å². The van der Waals surface area contributed by atoms with Crippen LogP contribution in [0.25, 0.3) is 0 Å². The number of unbranched alkanes of at least 4 members (excludes halogenated alkanes) is 1. The molecule has 0 unspecified atom stereocenters. The lowest BCUT2D eigenvalue weighted by molar-refractivity contribution is -0.119. The van der Waals surface area contributed by atoms with Crippen LogP contribution in [0.15, 0.2) is 48.7 Å². The molecule has 8 heteroatoms. The van der Waals surface area contributed by atoms with Gasteiger partial charge in [0.25, 0.3) is 5.91 Å². The molecule has 30 heavy (non-hydrogen) atoms. The summed E-state index contributed by atoms with van der Waals surface area (Å²) in [6.07, 6.45) is 4.50. The van der Waals surface area contributed by atoms with Crippen LogP contribution >= 0.6 is 0 Å². The van der Waals surface area contributed by atoms with E-state index in [0.29, 0.717) is 17.9 Å². The summed E-state index contributed by atoms with van der Waals surface area (Å²) in [6, 6.07) is 13.6. The van der Waals surface area contributed by atoms with Gasteiger partial charge in [-0.25, -0.2) is 0 Å². The first-order valence-corrected chi connectivity index (χ1v) is 10.1. The lowest BCUT2D eigenvalue weighted by Crippen LogP contribution is -2.18. The second-order valence-corrected chi connectivity index (χ2v) is 7.19. The molecule has 1 amide bonds. The number of hydrogen-bond donors (Lipinski definition) is 1. The van der Waals surface area contributed by atoms with Gasteiger partial charge in [-0.1, -0.05) is 42.5 Å². The number of carbonyl (C=O) groups excluding carboxylic acids is 2. The van der Waals surface area contributed by atoms with E-state index >= 15 is 0 Å². The summed E-state index contributed by atoms with van der Waals surface area (Å²) in [7, 11) is 1.56. The molecule has 156 valence electrons. The zero-order chi connectivity index (χ0) is 21.3. The second kappa shape index (κ2) is 10.4. The molecule has 1 aromatic carbocycles. The average molecular weight is 406 g/mol. The lowest BCUT2D eigenvalue weighted by Gasteiger charge is -2.10. The highest BCUT2D eigenvalue weighted by molar-refractivity contribution is 5.91. The van der Waals surface area contributed by atoms with Gasteiger partial charge in [0.15, 0.2) is 5.69 Å². The minimum atomic E-state index is -0.242. The van der Waals surface area contributed by atoms with Gasteiger partial charge in [0, 0.05) is 19.5 Å². The predicted octanol–water partition coefficient (Wildman–Crippen LogP) is 2.37. The Balaban J connectivity index is 1.42. The largest absolute Gasteiger partial charge is 0.354 e. The predicted molar refractivity (Wildman–Crippen MR) is 112 cm³/mol. The van der Waals surface area contributed by atoms with Crippen LogP contribution in [0.5, 0.6) is 0 Å². The molecule has 0 aliphatic rings. The average Bonchev–Trinajstić information content (AvgIpc) is 3.26. The van der Waals surface area contributed by atoms with Gasteiger partial charge in [0.2, 0.25) is 0 Å². The van der Waals surface area contributed by atoms with Crippen LogP contribution in [0, 0.1) is 0 Å². The van der Waals surface area contributed by atoms with E-state index in [0.717, 1.165) is 30.5 Å². The maximum atomic E-state index is 12.5. The summed E-state index contributed by atoms with van der Waals surface area (Å²) in [4.78, 5) is 24.0. The van der Waals surface area contributed by atoms with E-state index < -0.39 is 0 Å². The number of benzene rings is 1. The number of nitrogens with one attached hydrogen (secondary N) is 1. The third kappa shape index (κ3) is 5.79. The normalized spacial score (nSPS) is 11.8. The standard InChI is InChI=1S/C22H26N6O2/c1-16(17-8-4-3-5-9-17)21(29)14-19-12-11-18(24-25-19)10-6-7-13-28-15-20(26-27-28)22(30)23-2/h3-5,8-9,11-12,15-16H,6-7,10,13-14H2,1-2H3,(H,23,30)/t16-/m0/s1. The first kappa shape index (κ1) is 21.3. The molecular formula is C22H26N6O2. The molecule has 0 saturated heterocycles. The Morgan fingerprint density at radius 3 is 2.43 bits per heavy atom. The van der Waals surface area contributed by atoms with E-state index in [1.165, 1.54) is 0 Å². The number of nitrogens with zero attached hydrogens (tertiary/aromatic N) is 5. The minimum Gasteiger partial charge on any atom is -0.354 e. The van der Waals surface area contributed by atoms with Crippen LogP contribution in [0.1, 0.15) is 53.1 Å². The molecular weight excluding hydrogens is 380 g/mol. The fourth-order valence-electron chi connectivity index (χ4n) is 3.09. The number of rotatable bonds is 10. The van der Waals surface area contributed by atoms with Crippen molar-refractivity contribution in [1.82, 2.24) is 30.5 Å². The number of aryl methyl sites for hydroxylation is 2. The minimum absolute atomic E-state index is 0.132. The molecule has 0 radical (unpaired) electrons. The van der Waals surface area contributed by atoms with Gasteiger partial charge in [-0.3, -0.25) is 14.3 Å². The van der Waals surface area contributed by atoms with Crippen LogP contribution < -0.4 is 5.32 Å². The first-order valence-electron chi connectivity index (χ1n) is 10.1. The molecule has 3 rings (SSSR count). The maximum Gasteiger partial charge on any atom is 0.273 e. The Morgan fingerprint density at radius 2 is 1.73 bits per heavy atom. The molecule has 0 aliphatic heterocycles. The summed E-state index contributed by atoms with van der Waals surface area (Å²) in [5.74, 6) is -0.270. The Labute approximate surface area is 175 Å². The molecule has 2 heterocycles. The van der Waals surface area contributed by atoms with E-state index in [1.54, 1.807) is 17.9 Å². The molecule has 1 atom stereocenters. The zero-order valence-corrected chi connectivity index (χ0v) is 17.3. The van der Waals surface area contributed by atoms with Crippen molar-refractivity contribution in [2.24, 2.45) is 0 Å². The lowest BCUT2D eigenvalue weighted by atomic mass is 9.94. The zero-order valence-electron chi connectivity index (χ0n) is 17.3. The van der Waals surface area contributed by atoms with Crippen molar-refractivity contribution < 1.29 is 9.59 Å². The topological polar surface area (TPSA) is 103 Å². The van der Waals surface area contributed by atoms with Crippen LogP contribution in [0.4, 0.5) is 0 Å².